The number of methoxy groups -OCH3 is 1. The topological polar surface area (TPSA) is 101 Å². The van der Waals surface area contributed by atoms with Crippen LogP contribution in [0.1, 0.15) is 21.6 Å². The minimum Gasteiger partial charge on any atom is -0.497 e. The van der Waals surface area contributed by atoms with E-state index in [1.54, 1.807) is 30.5 Å². The molecule has 0 saturated carbocycles. The molecule has 0 aliphatic carbocycles. The average Bonchev–Trinajstić information content (AvgIpc) is 3.12. The van der Waals surface area contributed by atoms with Crippen LogP contribution in [0.5, 0.6) is 5.75 Å². The molecule has 2 N–H and O–H groups in total. The predicted molar refractivity (Wildman–Crippen MR) is 98.0 cm³/mol. The van der Waals surface area contributed by atoms with Crippen LogP contribution in [0.25, 0.3) is 0 Å². The summed E-state index contributed by atoms with van der Waals surface area (Å²) in [5.41, 5.74) is 0.275. The van der Waals surface area contributed by atoms with Crippen LogP contribution in [0.15, 0.2) is 41.0 Å². The van der Waals surface area contributed by atoms with Gasteiger partial charge in [0.15, 0.2) is 5.54 Å². The molecule has 1 unspecified atom stereocenters. The fourth-order valence-electron chi connectivity index (χ4n) is 3.37. The largest absolute Gasteiger partial charge is 0.497 e. The number of benzene rings is 1. The monoisotopic (exact) mass is 430 g/mol. The molecule has 27 heavy (non-hydrogen) atoms. The number of carbonyl (C=O) groups is 3. The Labute approximate surface area is 163 Å². The molecule has 4 rings (SSSR count). The van der Waals surface area contributed by atoms with Crippen molar-refractivity contribution in [2.45, 2.75) is 12.1 Å². The van der Waals surface area contributed by atoms with Gasteiger partial charge < -0.3 is 15.0 Å². The molecule has 3 heterocycles. The molecule has 0 radical (unpaired) electrons. The molecule has 8 nitrogen and oxygen atoms in total. The molecule has 1 saturated heterocycles. The second kappa shape index (κ2) is 6.34. The first-order chi connectivity index (χ1) is 12.9. The molecule has 0 spiro atoms. The van der Waals surface area contributed by atoms with Crippen molar-refractivity contribution >= 4 is 33.8 Å². The zero-order chi connectivity index (χ0) is 19.2. The van der Waals surface area contributed by atoms with Crippen molar-refractivity contribution in [1.82, 2.24) is 20.5 Å². The van der Waals surface area contributed by atoms with E-state index in [9.17, 15) is 14.4 Å². The highest BCUT2D eigenvalue weighted by atomic mass is 79.9. The van der Waals surface area contributed by atoms with E-state index in [0.29, 0.717) is 23.6 Å². The lowest BCUT2D eigenvalue weighted by molar-refractivity contribution is -0.124. The lowest BCUT2D eigenvalue weighted by Crippen LogP contribution is -2.53. The molecule has 2 aliphatic rings. The lowest BCUT2D eigenvalue weighted by Gasteiger charge is -2.30. The molecular formula is C18H15BrN4O4. The normalized spacial score (nSPS) is 21.1. The number of ether oxygens (including phenoxy) is 1. The number of urea groups is 1. The smallest absolute Gasteiger partial charge is 0.322 e. The molecule has 138 valence electrons. The van der Waals surface area contributed by atoms with Crippen LogP contribution in [-0.4, -0.2) is 41.4 Å². The minimum absolute atomic E-state index is 0.0327. The Morgan fingerprint density at radius 1 is 1.26 bits per heavy atom. The number of hydrogen-bond donors (Lipinski definition) is 2. The Hall–Kier alpha value is -2.94. The maximum absolute atomic E-state index is 12.9. The van der Waals surface area contributed by atoms with E-state index in [1.807, 2.05) is 6.07 Å². The number of carbonyl (C=O) groups excluding carboxylic acids is 3. The zero-order valence-electron chi connectivity index (χ0n) is 14.3. The zero-order valence-corrected chi connectivity index (χ0v) is 15.9. The Balaban J connectivity index is 1.69. The number of amides is 4. The first-order valence-electron chi connectivity index (χ1n) is 8.15. The first kappa shape index (κ1) is 17.5. The third-order valence-corrected chi connectivity index (χ3v) is 5.20. The number of imide groups is 1. The summed E-state index contributed by atoms with van der Waals surface area (Å²) in [5, 5.41) is 4.90. The second-order valence-corrected chi connectivity index (χ2v) is 7.28. The van der Waals surface area contributed by atoms with E-state index in [1.165, 1.54) is 12.0 Å². The minimum atomic E-state index is -1.44. The van der Waals surface area contributed by atoms with E-state index in [0.717, 1.165) is 10.0 Å². The average molecular weight is 431 g/mol. The van der Waals surface area contributed by atoms with Crippen LogP contribution in [0.2, 0.25) is 0 Å². The van der Waals surface area contributed by atoms with Gasteiger partial charge in [0.25, 0.3) is 11.8 Å². The van der Waals surface area contributed by atoms with Gasteiger partial charge in [0, 0.05) is 22.8 Å². The van der Waals surface area contributed by atoms with E-state index in [4.69, 9.17) is 4.74 Å². The van der Waals surface area contributed by atoms with Crippen LogP contribution in [-0.2, 0) is 16.9 Å². The Morgan fingerprint density at radius 3 is 2.70 bits per heavy atom. The van der Waals surface area contributed by atoms with Crippen molar-refractivity contribution in [2.75, 3.05) is 13.7 Å². The summed E-state index contributed by atoms with van der Waals surface area (Å²) >= 11 is 3.30. The molecular weight excluding hydrogens is 416 g/mol. The number of fused-ring (bicyclic) bond motifs is 1. The summed E-state index contributed by atoms with van der Waals surface area (Å²) in [4.78, 5) is 43.2. The van der Waals surface area contributed by atoms with Crippen molar-refractivity contribution in [2.24, 2.45) is 0 Å². The highest BCUT2D eigenvalue weighted by molar-refractivity contribution is 9.10. The van der Waals surface area contributed by atoms with Gasteiger partial charge in [-0.3, -0.25) is 19.9 Å². The predicted octanol–water partition coefficient (Wildman–Crippen LogP) is 1.54. The maximum atomic E-state index is 12.9. The van der Waals surface area contributed by atoms with Gasteiger partial charge >= 0.3 is 6.03 Å². The third-order valence-electron chi connectivity index (χ3n) is 4.73. The number of halogens is 1. The Morgan fingerprint density at radius 2 is 2.07 bits per heavy atom. The van der Waals surface area contributed by atoms with Gasteiger partial charge in [0.05, 0.1) is 19.3 Å². The van der Waals surface area contributed by atoms with Gasteiger partial charge in [-0.25, -0.2) is 4.79 Å². The van der Waals surface area contributed by atoms with Crippen LogP contribution < -0.4 is 15.4 Å². The van der Waals surface area contributed by atoms with Gasteiger partial charge in [0.2, 0.25) is 0 Å². The highest BCUT2D eigenvalue weighted by Gasteiger charge is 2.51. The van der Waals surface area contributed by atoms with Crippen molar-refractivity contribution in [3.8, 4) is 5.75 Å². The van der Waals surface area contributed by atoms with Crippen LogP contribution in [0.3, 0.4) is 0 Å². The SMILES string of the molecule is COc1ccc2c(c1)C(=O)N(CC1(c3ccc(Br)cn3)NC(=O)NC1=O)C2. The number of hydrogen-bond acceptors (Lipinski definition) is 5. The summed E-state index contributed by atoms with van der Waals surface area (Å²) in [5.74, 6) is -0.182. The van der Waals surface area contributed by atoms with Crippen molar-refractivity contribution in [3.05, 3.63) is 57.8 Å². The number of nitrogens with one attached hydrogen (secondary N) is 2. The molecule has 9 heteroatoms. The van der Waals surface area contributed by atoms with Crippen LogP contribution in [0, 0.1) is 0 Å². The van der Waals surface area contributed by atoms with Gasteiger partial charge in [-0.1, -0.05) is 6.07 Å². The van der Waals surface area contributed by atoms with E-state index < -0.39 is 17.5 Å². The summed E-state index contributed by atoms with van der Waals surface area (Å²) in [6, 6.07) is 8.04. The quantitative estimate of drug-likeness (QED) is 0.716. The summed E-state index contributed by atoms with van der Waals surface area (Å²) in [7, 11) is 1.53. The summed E-state index contributed by atoms with van der Waals surface area (Å²) in [6.07, 6.45) is 1.54. The number of rotatable bonds is 4. The van der Waals surface area contributed by atoms with E-state index >= 15 is 0 Å². The molecule has 1 atom stereocenters. The molecule has 1 fully saturated rings. The van der Waals surface area contributed by atoms with E-state index in [-0.39, 0.29) is 12.5 Å². The van der Waals surface area contributed by atoms with Crippen molar-refractivity contribution < 1.29 is 19.1 Å². The van der Waals surface area contributed by atoms with Gasteiger partial charge in [-0.2, -0.15) is 0 Å². The number of aromatic nitrogens is 1. The van der Waals surface area contributed by atoms with Gasteiger partial charge in [0.1, 0.15) is 5.75 Å². The standard InChI is InChI=1S/C18H15BrN4O4/c1-27-12-4-2-10-8-23(15(24)13(10)6-12)9-18(16(25)21-17(26)22-18)14-5-3-11(19)7-20-14/h2-7H,8-9H2,1H3,(H2,21,22,25,26). The van der Waals surface area contributed by atoms with Gasteiger partial charge in [-0.15, -0.1) is 0 Å². The van der Waals surface area contributed by atoms with Crippen LogP contribution in [0.4, 0.5) is 4.79 Å². The molecule has 2 aliphatic heterocycles. The Kier molecular flexibility index (Phi) is 4.11. The van der Waals surface area contributed by atoms with E-state index in [2.05, 4.69) is 31.5 Å². The molecule has 4 amide bonds. The third kappa shape index (κ3) is 2.84. The fraction of sp³-hybridized carbons (Fsp3) is 0.222. The molecule has 2 aromatic rings. The second-order valence-electron chi connectivity index (χ2n) is 6.36. The van der Waals surface area contributed by atoms with Crippen molar-refractivity contribution in [3.63, 3.8) is 0 Å². The summed E-state index contributed by atoms with van der Waals surface area (Å²) in [6.45, 7) is 0.300. The Bertz CT molecular complexity index is 962. The molecule has 0 bridgehead atoms. The first-order valence-corrected chi connectivity index (χ1v) is 8.94. The van der Waals surface area contributed by atoms with Crippen molar-refractivity contribution in [1.29, 1.82) is 0 Å². The molecule has 1 aromatic carbocycles. The lowest BCUT2D eigenvalue weighted by atomic mass is 9.93. The number of pyridine rings is 1. The fourth-order valence-corrected chi connectivity index (χ4v) is 3.61. The highest BCUT2D eigenvalue weighted by Crippen LogP contribution is 2.32. The molecule has 1 aromatic heterocycles. The van der Waals surface area contributed by atoms with Crippen LogP contribution >= 0.6 is 15.9 Å². The maximum Gasteiger partial charge on any atom is 0.322 e. The van der Waals surface area contributed by atoms with Gasteiger partial charge in [-0.05, 0) is 45.8 Å². The number of nitrogens with zero attached hydrogens (tertiary/aromatic N) is 2. The summed E-state index contributed by atoms with van der Waals surface area (Å²) < 4.78 is 5.92.